The summed E-state index contributed by atoms with van der Waals surface area (Å²) in [5, 5.41) is 6.95. The number of carbonyl (C=O) groups is 1. The molecule has 8 heteroatoms. The normalized spacial score (nSPS) is 10.9. The van der Waals surface area contributed by atoms with Crippen LogP contribution in [0.4, 0.5) is 10.1 Å². The molecule has 0 spiro atoms. The quantitative estimate of drug-likeness (QED) is 0.603. The summed E-state index contributed by atoms with van der Waals surface area (Å²) in [5.74, 6) is -1.07. The van der Waals surface area contributed by atoms with Crippen molar-refractivity contribution in [3.8, 4) is 5.69 Å². The Kier molecular flexibility index (Phi) is 4.21. The molecule has 0 atom stereocenters. The fourth-order valence-electron chi connectivity index (χ4n) is 2.73. The molecule has 0 aliphatic carbocycles. The first-order valence-corrected chi connectivity index (χ1v) is 8.16. The molecule has 4 rings (SSSR count). The molecule has 0 radical (unpaired) electrons. The van der Waals surface area contributed by atoms with Gasteiger partial charge >= 0.3 is 0 Å². The average Bonchev–Trinajstić information content (AvgIpc) is 3.11. The van der Waals surface area contributed by atoms with Crippen LogP contribution in [0.25, 0.3) is 16.7 Å². The highest BCUT2D eigenvalue weighted by atomic mass is 19.1. The van der Waals surface area contributed by atoms with Gasteiger partial charge in [0.2, 0.25) is 5.91 Å². The number of anilines is 1. The van der Waals surface area contributed by atoms with Crippen molar-refractivity contribution in [2.75, 3.05) is 5.32 Å². The van der Waals surface area contributed by atoms with Gasteiger partial charge in [-0.2, -0.15) is 5.10 Å². The summed E-state index contributed by atoms with van der Waals surface area (Å²) in [6, 6.07) is 15.1. The summed E-state index contributed by atoms with van der Waals surface area (Å²) < 4.78 is 16.4. The molecule has 0 saturated heterocycles. The monoisotopic (exact) mass is 363 g/mol. The zero-order chi connectivity index (χ0) is 18.8. The van der Waals surface area contributed by atoms with E-state index < -0.39 is 17.3 Å². The van der Waals surface area contributed by atoms with E-state index in [2.05, 4.69) is 15.4 Å². The fraction of sp³-hybridized carbons (Fsp3) is 0.0526. The summed E-state index contributed by atoms with van der Waals surface area (Å²) >= 11 is 0. The Bertz CT molecular complexity index is 1180. The largest absolute Gasteiger partial charge is 0.322 e. The number of nitrogens with zero attached hydrogens (tertiary/aromatic N) is 4. The lowest BCUT2D eigenvalue weighted by Crippen LogP contribution is -2.28. The third-order valence-corrected chi connectivity index (χ3v) is 4.02. The van der Waals surface area contributed by atoms with Crippen LogP contribution in [0.1, 0.15) is 0 Å². The molecule has 0 fully saturated rings. The van der Waals surface area contributed by atoms with Crippen molar-refractivity contribution in [1.29, 1.82) is 0 Å². The van der Waals surface area contributed by atoms with Gasteiger partial charge in [0.15, 0.2) is 5.65 Å². The van der Waals surface area contributed by atoms with Crippen LogP contribution >= 0.6 is 0 Å². The van der Waals surface area contributed by atoms with Crippen molar-refractivity contribution in [1.82, 2.24) is 19.3 Å². The van der Waals surface area contributed by atoms with Crippen LogP contribution in [-0.4, -0.2) is 25.2 Å². The van der Waals surface area contributed by atoms with E-state index >= 15 is 0 Å². The molecule has 27 heavy (non-hydrogen) atoms. The molecule has 134 valence electrons. The van der Waals surface area contributed by atoms with Crippen molar-refractivity contribution in [3.63, 3.8) is 0 Å². The molecule has 0 aliphatic heterocycles. The van der Waals surface area contributed by atoms with Gasteiger partial charge in [0.05, 0.1) is 17.6 Å². The molecular weight excluding hydrogens is 349 g/mol. The zero-order valence-corrected chi connectivity index (χ0v) is 14.0. The molecule has 4 aromatic rings. The van der Waals surface area contributed by atoms with E-state index in [0.29, 0.717) is 11.0 Å². The number of hydrogen-bond donors (Lipinski definition) is 1. The van der Waals surface area contributed by atoms with E-state index in [-0.39, 0.29) is 12.2 Å². The van der Waals surface area contributed by atoms with Crippen molar-refractivity contribution in [3.05, 3.63) is 83.3 Å². The molecule has 1 N–H and O–H groups in total. The molecular formula is C19H14FN5O2. The Morgan fingerprint density at radius 1 is 1.07 bits per heavy atom. The predicted molar refractivity (Wildman–Crippen MR) is 98.2 cm³/mol. The van der Waals surface area contributed by atoms with Gasteiger partial charge in [-0.15, -0.1) is 0 Å². The second-order valence-electron chi connectivity index (χ2n) is 5.83. The Morgan fingerprint density at radius 2 is 1.81 bits per heavy atom. The number of nitrogens with one attached hydrogen (secondary N) is 1. The Balaban J connectivity index is 1.62. The molecule has 0 aliphatic rings. The molecule has 2 aromatic heterocycles. The molecule has 0 unspecified atom stereocenters. The van der Waals surface area contributed by atoms with Gasteiger partial charge in [0.25, 0.3) is 5.56 Å². The number of fused-ring (bicyclic) bond motifs is 1. The highest BCUT2D eigenvalue weighted by Gasteiger charge is 2.14. The Hall–Kier alpha value is -3.81. The number of aromatic nitrogens is 4. The van der Waals surface area contributed by atoms with Crippen molar-refractivity contribution in [2.24, 2.45) is 0 Å². The van der Waals surface area contributed by atoms with Crippen LogP contribution in [-0.2, 0) is 11.3 Å². The Morgan fingerprint density at radius 3 is 2.59 bits per heavy atom. The van der Waals surface area contributed by atoms with E-state index in [1.54, 1.807) is 10.7 Å². The van der Waals surface area contributed by atoms with Crippen molar-refractivity contribution >= 4 is 22.6 Å². The van der Waals surface area contributed by atoms with Crippen LogP contribution in [0.2, 0.25) is 0 Å². The van der Waals surface area contributed by atoms with Crippen LogP contribution in [0, 0.1) is 5.82 Å². The van der Waals surface area contributed by atoms with Crippen LogP contribution < -0.4 is 10.9 Å². The SMILES string of the molecule is O=C(Cn1cnc2c(cnn2-c2ccccc2)c1=O)Nc1ccccc1F. The molecule has 2 heterocycles. The number of hydrogen-bond acceptors (Lipinski definition) is 4. The second-order valence-corrected chi connectivity index (χ2v) is 5.83. The van der Waals surface area contributed by atoms with Gasteiger partial charge in [-0.1, -0.05) is 30.3 Å². The minimum absolute atomic E-state index is 0.0569. The maximum absolute atomic E-state index is 13.6. The number of para-hydroxylation sites is 2. The van der Waals surface area contributed by atoms with Gasteiger partial charge in [-0.25, -0.2) is 14.1 Å². The summed E-state index contributed by atoms with van der Waals surface area (Å²) in [5.41, 5.74) is 0.832. The lowest BCUT2D eigenvalue weighted by Gasteiger charge is -2.08. The second kappa shape index (κ2) is 6.83. The minimum Gasteiger partial charge on any atom is -0.322 e. The van der Waals surface area contributed by atoms with E-state index in [1.165, 1.54) is 30.7 Å². The third kappa shape index (κ3) is 3.20. The average molecular weight is 363 g/mol. The van der Waals surface area contributed by atoms with Crippen molar-refractivity contribution < 1.29 is 9.18 Å². The smallest absolute Gasteiger partial charge is 0.264 e. The topological polar surface area (TPSA) is 81.8 Å². The maximum Gasteiger partial charge on any atom is 0.264 e. The van der Waals surface area contributed by atoms with Gasteiger partial charge in [0, 0.05) is 0 Å². The van der Waals surface area contributed by atoms with Gasteiger partial charge in [-0.05, 0) is 24.3 Å². The molecule has 7 nitrogen and oxygen atoms in total. The maximum atomic E-state index is 13.6. The summed E-state index contributed by atoms with van der Waals surface area (Å²) in [6.07, 6.45) is 2.70. The van der Waals surface area contributed by atoms with Crippen LogP contribution in [0.5, 0.6) is 0 Å². The first-order chi connectivity index (χ1) is 13.1. The predicted octanol–water partition coefficient (Wildman–Crippen LogP) is 2.36. The first kappa shape index (κ1) is 16.6. The number of carbonyl (C=O) groups excluding carboxylic acids is 1. The molecule has 2 aromatic carbocycles. The first-order valence-electron chi connectivity index (χ1n) is 8.16. The highest BCUT2D eigenvalue weighted by molar-refractivity contribution is 5.90. The number of amides is 1. The molecule has 1 amide bonds. The minimum atomic E-state index is -0.545. The number of halogens is 1. The van der Waals surface area contributed by atoms with Crippen LogP contribution in [0.15, 0.2) is 71.9 Å². The van der Waals surface area contributed by atoms with E-state index in [1.807, 2.05) is 30.3 Å². The van der Waals surface area contributed by atoms with Crippen LogP contribution in [0.3, 0.4) is 0 Å². The summed E-state index contributed by atoms with van der Waals surface area (Å²) in [7, 11) is 0. The van der Waals surface area contributed by atoms with Crippen molar-refractivity contribution in [2.45, 2.75) is 6.54 Å². The van der Waals surface area contributed by atoms with E-state index in [9.17, 15) is 14.0 Å². The molecule has 0 bridgehead atoms. The Labute approximate surface area is 152 Å². The number of rotatable bonds is 4. The lowest BCUT2D eigenvalue weighted by molar-refractivity contribution is -0.116. The zero-order valence-electron chi connectivity index (χ0n) is 14.0. The van der Waals surface area contributed by atoms with E-state index in [4.69, 9.17) is 0 Å². The summed E-state index contributed by atoms with van der Waals surface area (Å²) in [4.78, 5) is 29.1. The number of benzene rings is 2. The summed E-state index contributed by atoms with van der Waals surface area (Å²) in [6.45, 7) is -0.285. The standard InChI is InChI=1S/C19H14FN5O2/c20-15-8-4-5-9-16(15)23-17(26)11-24-12-21-18-14(19(24)27)10-22-25(18)13-6-2-1-3-7-13/h1-10,12H,11H2,(H,23,26). The van der Waals surface area contributed by atoms with Gasteiger partial charge in [0.1, 0.15) is 24.1 Å². The third-order valence-electron chi connectivity index (χ3n) is 4.02. The highest BCUT2D eigenvalue weighted by Crippen LogP contribution is 2.14. The van der Waals surface area contributed by atoms with Gasteiger partial charge in [-0.3, -0.25) is 14.2 Å². The fourth-order valence-corrected chi connectivity index (χ4v) is 2.73. The van der Waals surface area contributed by atoms with E-state index in [0.717, 1.165) is 10.3 Å². The molecule has 0 saturated carbocycles. The van der Waals surface area contributed by atoms with Gasteiger partial charge < -0.3 is 5.32 Å². The lowest BCUT2D eigenvalue weighted by atomic mass is 10.3.